The highest BCUT2D eigenvalue weighted by Crippen LogP contribution is 2.37. The molecule has 0 spiro atoms. The lowest BCUT2D eigenvalue weighted by atomic mass is 9.94. The highest BCUT2D eigenvalue weighted by atomic mass is 16.5. The number of hydrogen-bond acceptors (Lipinski definition) is 4. The van der Waals surface area contributed by atoms with E-state index < -0.39 is 0 Å². The fraction of sp³-hybridized carbons (Fsp3) is 0.600. The number of imidazole rings is 1. The van der Waals surface area contributed by atoms with Crippen LogP contribution in [0.15, 0.2) is 18.2 Å². The van der Waals surface area contributed by atoms with Gasteiger partial charge in [-0.05, 0) is 50.9 Å². The Morgan fingerprint density at radius 1 is 1.27 bits per heavy atom. The number of nitrogens with one attached hydrogen (secondary N) is 2. The maximum absolute atomic E-state index is 13.0. The Morgan fingerprint density at radius 3 is 2.77 bits per heavy atom. The molecule has 1 aromatic heterocycles. The number of fused-ring (bicyclic) bond motifs is 1. The summed E-state index contributed by atoms with van der Waals surface area (Å²) in [6, 6.07) is 5.81. The Hall–Kier alpha value is -2.08. The van der Waals surface area contributed by atoms with Gasteiger partial charge in [0.25, 0.3) is 0 Å². The van der Waals surface area contributed by atoms with Crippen LogP contribution in [0.5, 0.6) is 5.75 Å². The van der Waals surface area contributed by atoms with Crippen LogP contribution in [-0.2, 0) is 11.2 Å². The monoisotopic (exact) mass is 356 g/mol. The number of H-pyrrole nitrogens is 1. The van der Waals surface area contributed by atoms with E-state index in [1.165, 1.54) is 12.8 Å². The fourth-order valence-electron chi connectivity index (χ4n) is 4.54. The number of nitrogens with zero attached hydrogens (tertiary/aromatic N) is 2. The summed E-state index contributed by atoms with van der Waals surface area (Å²) in [6.45, 7) is 2.75. The molecule has 1 saturated carbocycles. The van der Waals surface area contributed by atoms with Crippen LogP contribution in [0, 0.1) is 0 Å². The van der Waals surface area contributed by atoms with Gasteiger partial charge in [0.2, 0.25) is 5.91 Å². The molecule has 0 bridgehead atoms. The molecule has 0 unspecified atom stereocenters. The second-order valence-corrected chi connectivity index (χ2v) is 7.51. The summed E-state index contributed by atoms with van der Waals surface area (Å²) in [5, 5.41) is 3.19. The van der Waals surface area contributed by atoms with E-state index in [9.17, 15) is 4.79 Å². The lowest BCUT2D eigenvalue weighted by molar-refractivity contribution is -0.132. The quantitative estimate of drug-likeness (QED) is 0.835. The molecule has 0 radical (unpaired) electrons. The van der Waals surface area contributed by atoms with E-state index in [1.807, 2.05) is 18.2 Å². The number of ether oxygens (including phenoxy) is 1. The van der Waals surface area contributed by atoms with Gasteiger partial charge in [0.05, 0.1) is 18.1 Å². The third-order valence-electron chi connectivity index (χ3n) is 5.95. The number of rotatable bonds is 6. The number of benzene rings is 1. The number of aromatic nitrogens is 2. The van der Waals surface area contributed by atoms with E-state index in [-0.39, 0.29) is 11.4 Å². The second kappa shape index (κ2) is 7.27. The summed E-state index contributed by atoms with van der Waals surface area (Å²) < 4.78 is 5.25. The zero-order valence-electron chi connectivity index (χ0n) is 15.5. The molecule has 1 amide bonds. The van der Waals surface area contributed by atoms with Gasteiger partial charge in [-0.1, -0.05) is 12.8 Å². The van der Waals surface area contributed by atoms with Crippen molar-refractivity contribution in [3.8, 4) is 5.75 Å². The van der Waals surface area contributed by atoms with Gasteiger partial charge in [-0.25, -0.2) is 4.98 Å². The molecule has 0 atom stereocenters. The van der Waals surface area contributed by atoms with Crippen molar-refractivity contribution >= 4 is 16.9 Å². The van der Waals surface area contributed by atoms with Gasteiger partial charge in [-0.3, -0.25) is 9.69 Å². The van der Waals surface area contributed by atoms with E-state index >= 15 is 0 Å². The zero-order chi connectivity index (χ0) is 18.0. The second-order valence-electron chi connectivity index (χ2n) is 7.51. The summed E-state index contributed by atoms with van der Waals surface area (Å²) in [4.78, 5) is 23.4. The molecule has 2 aromatic rings. The lowest BCUT2D eigenvalue weighted by Crippen LogP contribution is -2.56. The topological polar surface area (TPSA) is 70.2 Å². The van der Waals surface area contributed by atoms with Crippen LogP contribution in [-0.4, -0.2) is 53.1 Å². The number of carbonyl (C=O) groups excluding carboxylic acids is 1. The molecule has 1 aliphatic heterocycles. The standard InChI is InChI=1S/C20H28N4O2/c1-26-15-6-7-16-17(14-15)23-18(22-16)8-11-21-19(25)20(9-2-3-10-20)24-12-4-5-13-24/h6-7,14H,2-5,8-13H2,1H3,(H,21,25)(H,22,23). The van der Waals surface area contributed by atoms with E-state index in [2.05, 4.69) is 20.2 Å². The van der Waals surface area contributed by atoms with Crippen LogP contribution in [0.4, 0.5) is 0 Å². The van der Waals surface area contributed by atoms with Gasteiger partial charge in [0.15, 0.2) is 0 Å². The van der Waals surface area contributed by atoms with Crippen LogP contribution >= 0.6 is 0 Å². The molecule has 4 rings (SSSR count). The van der Waals surface area contributed by atoms with Crippen LogP contribution in [0.25, 0.3) is 11.0 Å². The largest absolute Gasteiger partial charge is 0.497 e. The molecule has 2 fully saturated rings. The summed E-state index contributed by atoms with van der Waals surface area (Å²) in [6.07, 6.45) is 7.48. The molecular formula is C20H28N4O2. The van der Waals surface area contributed by atoms with Crippen LogP contribution < -0.4 is 10.1 Å². The molecule has 140 valence electrons. The average Bonchev–Trinajstić information content (AvgIpc) is 3.39. The predicted molar refractivity (Wildman–Crippen MR) is 101 cm³/mol. The van der Waals surface area contributed by atoms with Gasteiger partial charge < -0.3 is 15.0 Å². The van der Waals surface area contributed by atoms with Gasteiger partial charge in [-0.15, -0.1) is 0 Å². The van der Waals surface area contributed by atoms with Crippen LogP contribution in [0.2, 0.25) is 0 Å². The average molecular weight is 356 g/mol. The van der Waals surface area contributed by atoms with Crippen LogP contribution in [0.3, 0.4) is 0 Å². The minimum Gasteiger partial charge on any atom is -0.497 e. The predicted octanol–water partition coefficient (Wildman–Crippen LogP) is 2.64. The number of aromatic amines is 1. The van der Waals surface area contributed by atoms with Crippen molar-refractivity contribution in [2.45, 2.75) is 50.5 Å². The Kier molecular flexibility index (Phi) is 4.85. The van der Waals surface area contributed by atoms with E-state index in [0.717, 1.165) is 61.4 Å². The Bertz CT molecular complexity index is 773. The summed E-state index contributed by atoms with van der Waals surface area (Å²) in [5.74, 6) is 1.93. The van der Waals surface area contributed by atoms with Crippen molar-refractivity contribution in [1.29, 1.82) is 0 Å². The van der Waals surface area contributed by atoms with Crippen molar-refractivity contribution in [2.75, 3.05) is 26.7 Å². The van der Waals surface area contributed by atoms with Crippen molar-refractivity contribution < 1.29 is 9.53 Å². The smallest absolute Gasteiger partial charge is 0.240 e. The summed E-state index contributed by atoms with van der Waals surface area (Å²) >= 11 is 0. The zero-order valence-corrected chi connectivity index (χ0v) is 15.5. The minimum atomic E-state index is -0.252. The molecule has 2 N–H and O–H groups in total. The number of carbonyl (C=O) groups is 1. The first kappa shape index (κ1) is 17.3. The number of methoxy groups -OCH3 is 1. The van der Waals surface area contributed by atoms with E-state index in [4.69, 9.17) is 4.74 Å². The first-order valence-corrected chi connectivity index (χ1v) is 9.77. The molecule has 1 aliphatic carbocycles. The van der Waals surface area contributed by atoms with Crippen molar-refractivity contribution in [3.63, 3.8) is 0 Å². The van der Waals surface area contributed by atoms with Crippen LogP contribution in [0.1, 0.15) is 44.3 Å². The number of likely N-dealkylation sites (tertiary alicyclic amines) is 1. The molecular weight excluding hydrogens is 328 g/mol. The third kappa shape index (κ3) is 3.18. The maximum atomic E-state index is 13.0. The highest BCUT2D eigenvalue weighted by Gasteiger charge is 2.46. The Morgan fingerprint density at radius 2 is 2.04 bits per heavy atom. The fourth-order valence-corrected chi connectivity index (χ4v) is 4.54. The lowest BCUT2D eigenvalue weighted by Gasteiger charge is -2.37. The number of hydrogen-bond donors (Lipinski definition) is 2. The highest BCUT2D eigenvalue weighted by molar-refractivity contribution is 5.86. The van der Waals surface area contributed by atoms with Gasteiger partial charge in [-0.2, -0.15) is 0 Å². The third-order valence-corrected chi connectivity index (χ3v) is 5.95. The summed E-state index contributed by atoms with van der Waals surface area (Å²) in [7, 11) is 1.66. The summed E-state index contributed by atoms with van der Waals surface area (Å²) in [5.41, 5.74) is 1.64. The number of amides is 1. The van der Waals surface area contributed by atoms with E-state index in [1.54, 1.807) is 7.11 Å². The Labute approximate surface area is 154 Å². The molecule has 6 heteroatoms. The molecule has 26 heavy (non-hydrogen) atoms. The molecule has 1 aromatic carbocycles. The first-order chi connectivity index (χ1) is 12.7. The van der Waals surface area contributed by atoms with Crippen molar-refractivity contribution in [3.05, 3.63) is 24.0 Å². The first-order valence-electron chi connectivity index (χ1n) is 9.77. The van der Waals surface area contributed by atoms with Gasteiger partial charge in [0, 0.05) is 19.0 Å². The molecule has 1 saturated heterocycles. The van der Waals surface area contributed by atoms with Crippen molar-refractivity contribution in [1.82, 2.24) is 20.2 Å². The maximum Gasteiger partial charge on any atom is 0.240 e. The SMILES string of the molecule is COc1ccc2nc(CCNC(=O)C3(N4CCCC4)CCCC3)[nH]c2c1. The normalized spacial score (nSPS) is 19.9. The van der Waals surface area contributed by atoms with Gasteiger partial charge >= 0.3 is 0 Å². The molecule has 2 aliphatic rings. The van der Waals surface area contributed by atoms with Gasteiger partial charge in [0.1, 0.15) is 17.1 Å². The molecule has 2 heterocycles. The minimum absolute atomic E-state index is 0.217. The molecule has 6 nitrogen and oxygen atoms in total. The Balaban J connectivity index is 1.38. The van der Waals surface area contributed by atoms with Crippen molar-refractivity contribution in [2.24, 2.45) is 0 Å². The van der Waals surface area contributed by atoms with E-state index in [0.29, 0.717) is 13.0 Å².